The minimum atomic E-state index is -0.404. The number of hydrogen-bond donors (Lipinski definition) is 2. The van der Waals surface area contributed by atoms with E-state index in [2.05, 4.69) is 42.5 Å². The standard InChI is InChI=1S/C12H8Br2N2O2S/c13-7-2-1-3-8(6-7)15-12(19)16-11(17)9-4-5-10(14)18-9/h1-6H,(H2,15,16,17,19). The highest BCUT2D eigenvalue weighted by atomic mass is 79.9. The van der Waals surface area contributed by atoms with Gasteiger partial charge in [0.25, 0.3) is 5.91 Å². The summed E-state index contributed by atoms with van der Waals surface area (Å²) in [4.78, 5) is 11.8. The molecule has 1 amide bonds. The Morgan fingerprint density at radius 3 is 2.63 bits per heavy atom. The number of nitrogens with one attached hydrogen (secondary N) is 2. The van der Waals surface area contributed by atoms with Gasteiger partial charge in [0.15, 0.2) is 15.5 Å². The molecule has 1 aromatic heterocycles. The monoisotopic (exact) mass is 402 g/mol. The molecule has 2 rings (SSSR count). The van der Waals surface area contributed by atoms with Gasteiger partial charge in [-0.05, 0) is 58.5 Å². The Labute approximate surface area is 131 Å². The van der Waals surface area contributed by atoms with Crippen LogP contribution >= 0.6 is 44.1 Å². The summed E-state index contributed by atoms with van der Waals surface area (Å²) in [7, 11) is 0. The second-order valence-corrected chi connectivity index (χ2v) is 5.63. The van der Waals surface area contributed by atoms with Crippen LogP contribution in [0.1, 0.15) is 10.6 Å². The molecule has 1 heterocycles. The number of thiocarbonyl (C=S) groups is 1. The van der Waals surface area contributed by atoms with Crippen molar-refractivity contribution in [1.29, 1.82) is 0 Å². The molecule has 4 nitrogen and oxygen atoms in total. The molecule has 0 atom stereocenters. The molecule has 0 aliphatic heterocycles. The molecule has 19 heavy (non-hydrogen) atoms. The maximum absolute atomic E-state index is 11.8. The molecule has 0 aliphatic carbocycles. The maximum atomic E-state index is 11.8. The Kier molecular flexibility index (Phi) is 4.73. The Morgan fingerprint density at radius 2 is 2.00 bits per heavy atom. The smallest absolute Gasteiger partial charge is 0.293 e. The van der Waals surface area contributed by atoms with Crippen molar-refractivity contribution < 1.29 is 9.21 Å². The third kappa shape index (κ3) is 4.15. The van der Waals surface area contributed by atoms with Crippen LogP contribution < -0.4 is 10.6 Å². The summed E-state index contributed by atoms with van der Waals surface area (Å²) in [6, 6.07) is 10.6. The first-order valence-electron chi connectivity index (χ1n) is 5.18. The van der Waals surface area contributed by atoms with Gasteiger partial charge in [0.2, 0.25) is 0 Å². The van der Waals surface area contributed by atoms with Crippen LogP contribution in [0, 0.1) is 0 Å². The zero-order chi connectivity index (χ0) is 13.8. The Morgan fingerprint density at radius 1 is 1.21 bits per heavy atom. The molecule has 0 saturated carbocycles. The molecule has 0 aliphatic rings. The van der Waals surface area contributed by atoms with Crippen LogP contribution in [0.25, 0.3) is 0 Å². The lowest BCUT2D eigenvalue weighted by atomic mass is 10.3. The van der Waals surface area contributed by atoms with Crippen LogP contribution in [0.3, 0.4) is 0 Å². The second kappa shape index (κ2) is 6.31. The molecule has 0 radical (unpaired) electrons. The summed E-state index contributed by atoms with van der Waals surface area (Å²) in [6.45, 7) is 0. The van der Waals surface area contributed by atoms with E-state index in [9.17, 15) is 4.79 Å². The third-order valence-electron chi connectivity index (χ3n) is 2.11. The minimum absolute atomic E-state index is 0.185. The molecule has 98 valence electrons. The van der Waals surface area contributed by atoms with Crippen LogP contribution in [0.4, 0.5) is 5.69 Å². The van der Waals surface area contributed by atoms with Crippen LogP contribution in [0.5, 0.6) is 0 Å². The van der Waals surface area contributed by atoms with E-state index < -0.39 is 5.91 Å². The van der Waals surface area contributed by atoms with Gasteiger partial charge in [0.1, 0.15) is 0 Å². The number of furan rings is 1. The second-order valence-electron chi connectivity index (χ2n) is 3.52. The lowest BCUT2D eigenvalue weighted by Gasteiger charge is -2.08. The Hall–Kier alpha value is -1.18. The number of carbonyl (C=O) groups is 1. The fraction of sp³-hybridized carbons (Fsp3) is 0. The molecule has 0 spiro atoms. The lowest BCUT2D eigenvalue weighted by Crippen LogP contribution is -2.33. The summed E-state index contributed by atoms with van der Waals surface area (Å²) in [6.07, 6.45) is 0. The first kappa shape index (κ1) is 14.2. The molecule has 1 aromatic carbocycles. The van der Waals surface area contributed by atoms with Crippen molar-refractivity contribution in [2.45, 2.75) is 0 Å². The highest BCUT2D eigenvalue weighted by Gasteiger charge is 2.11. The Bertz CT molecular complexity index is 628. The van der Waals surface area contributed by atoms with Crippen molar-refractivity contribution in [3.8, 4) is 0 Å². The first-order valence-corrected chi connectivity index (χ1v) is 7.17. The minimum Gasteiger partial charge on any atom is -0.444 e. The van der Waals surface area contributed by atoms with Gasteiger partial charge >= 0.3 is 0 Å². The normalized spacial score (nSPS) is 10.0. The summed E-state index contributed by atoms with van der Waals surface area (Å²) in [5, 5.41) is 5.64. The van der Waals surface area contributed by atoms with Gasteiger partial charge in [-0.1, -0.05) is 22.0 Å². The van der Waals surface area contributed by atoms with Crippen molar-refractivity contribution in [2.75, 3.05) is 5.32 Å². The Balaban J connectivity index is 1.96. The predicted octanol–water partition coefficient (Wildman–Crippen LogP) is 3.93. The van der Waals surface area contributed by atoms with E-state index in [-0.39, 0.29) is 10.9 Å². The lowest BCUT2D eigenvalue weighted by molar-refractivity contribution is 0.0949. The third-order valence-corrected chi connectivity index (χ3v) is 3.23. The van der Waals surface area contributed by atoms with E-state index in [0.29, 0.717) is 4.67 Å². The molecular formula is C12H8Br2N2O2S. The van der Waals surface area contributed by atoms with Crippen LogP contribution in [0.15, 0.2) is 50.0 Å². The first-order chi connectivity index (χ1) is 9.04. The number of rotatable bonds is 2. The van der Waals surface area contributed by atoms with E-state index in [4.69, 9.17) is 16.6 Å². The quantitative estimate of drug-likeness (QED) is 0.746. The molecule has 2 N–H and O–H groups in total. The van der Waals surface area contributed by atoms with Crippen molar-refractivity contribution in [2.24, 2.45) is 0 Å². The van der Waals surface area contributed by atoms with E-state index in [1.165, 1.54) is 0 Å². The van der Waals surface area contributed by atoms with Crippen molar-refractivity contribution in [3.05, 3.63) is 51.3 Å². The fourth-order valence-electron chi connectivity index (χ4n) is 1.33. The van der Waals surface area contributed by atoms with Gasteiger partial charge in [-0.3, -0.25) is 10.1 Å². The van der Waals surface area contributed by atoms with Gasteiger partial charge in [-0.25, -0.2) is 0 Å². The van der Waals surface area contributed by atoms with Crippen molar-refractivity contribution in [3.63, 3.8) is 0 Å². The highest BCUT2D eigenvalue weighted by Crippen LogP contribution is 2.16. The summed E-state index contributed by atoms with van der Waals surface area (Å²) in [5.74, 6) is -0.219. The van der Waals surface area contributed by atoms with Gasteiger partial charge in [0, 0.05) is 10.2 Å². The molecule has 2 aromatic rings. The topological polar surface area (TPSA) is 54.3 Å². The van der Waals surface area contributed by atoms with Crippen molar-refractivity contribution >= 4 is 60.8 Å². The van der Waals surface area contributed by atoms with Gasteiger partial charge in [-0.15, -0.1) is 0 Å². The number of carbonyl (C=O) groups excluding carboxylic acids is 1. The molecule has 0 unspecified atom stereocenters. The molecule has 0 fully saturated rings. The van der Waals surface area contributed by atoms with Crippen molar-refractivity contribution in [1.82, 2.24) is 5.32 Å². The largest absolute Gasteiger partial charge is 0.444 e. The molecule has 0 bridgehead atoms. The zero-order valence-electron chi connectivity index (χ0n) is 9.44. The predicted molar refractivity (Wildman–Crippen MR) is 84.2 cm³/mol. The summed E-state index contributed by atoms with van der Waals surface area (Å²) >= 11 is 11.5. The maximum Gasteiger partial charge on any atom is 0.293 e. The number of hydrogen-bond acceptors (Lipinski definition) is 3. The van der Waals surface area contributed by atoms with Crippen LogP contribution in [-0.4, -0.2) is 11.0 Å². The summed E-state index contributed by atoms with van der Waals surface area (Å²) < 4.78 is 6.53. The van der Waals surface area contributed by atoms with Gasteiger partial charge < -0.3 is 9.73 Å². The van der Waals surface area contributed by atoms with Gasteiger partial charge in [-0.2, -0.15) is 0 Å². The number of anilines is 1. The van der Waals surface area contributed by atoms with E-state index in [1.54, 1.807) is 12.1 Å². The van der Waals surface area contributed by atoms with Gasteiger partial charge in [0.05, 0.1) is 0 Å². The molecule has 0 saturated heterocycles. The van der Waals surface area contributed by atoms with Crippen LogP contribution in [0.2, 0.25) is 0 Å². The van der Waals surface area contributed by atoms with E-state index >= 15 is 0 Å². The SMILES string of the molecule is O=C(NC(=S)Nc1cccc(Br)c1)c1ccc(Br)o1. The molecule has 7 heteroatoms. The number of benzene rings is 1. The summed E-state index contributed by atoms with van der Waals surface area (Å²) in [5.41, 5.74) is 0.778. The average Bonchev–Trinajstić information content (AvgIpc) is 2.75. The fourth-order valence-corrected chi connectivity index (χ4v) is 2.25. The zero-order valence-corrected chi connectivity index (χ0v) is 13.4. The molecular weight excluding hydrogens is 396 g/mol. The highest BCUT2D eigenvalue weighted by molar-refractivity contribution is 9.10. The number of halogens is 2. The average molecular weight is 404 g/mol. The van der Waals surface area contributed by atoms with Crippen LogP contribution in [-0.2, 0) is 0 Å². The van der Waals surface area contributed by atoms with E-state index in [0.717, 1.165) is 10.2 Å². The van der Waals surface area contributed by atoms with E-state index in [1.807, 2.05) is 24.3 Å². The number of amides is 1.